The summed E-state index contributed by atoms with van der Waals surface area (Å²) >= 11 is 23.1. The summed E-state index contributed by atoms with van der Waals surface area (Å²) in [6, 6.07) is 1.44. The van der Waals surface area contributed by atoms with E-state index in [2.05, 4.69) is 0 Å². The highest BCUT2D eigenvalue weighted by atomic mass is 35.5. The number of carboxylic acid groups (broad SMARTS) is 1. The molecule has 1 aromatic rings. The van der Waals surface area contributed by atoms with Crippen LogP contribution in [-0.2, 0) is 4.79 Å². The maximum Gasteiger partial charge on any atom is 0.328 e. The first-order chi connectivity index (χ1) is 6.93. The first kappa shape index (κ1) is 12.7. The average Bonchev–Trinajstić information content (AvgIpc) is 2.18. The van der Waals surface area contributed by atoms with Gasteiger partial charge in [-0.3, -0.25) is 0 Å². The van der Waals surface area contributed by atoms with Crippen molar-refractivity contribution in [1.82, 2.24) is 0 Å². The van der Waals surface area contributed by atoms with Gasteiger partial charge in [0.15, 0.2) is 0 Å². The highest BCUT2D eigenvalue weighted by Crippen LogP contribution is 2.38. The van der Waals surface area contributed by atoms with Crippen LogP contribution in [0.15, 0.2) is 12.1 Å². The van der Waals surface area contributed by atoms with Crippen molar-refractivity contribution in [3.05, 3.63) is 37.8 Å². The van der Waals surface area contributed by atoms with Crippen molar-refractivity contribution in [3.63, 3.8) is 0 Å². The van der Waals surface area contributed by atoms with Gasteiger partial charge in [0.2, 0.25) is 0 Å². The molecule has 1 N–H and O–H groups in total. The van der Waals surface area contributed by atoms with Crippen LogP contribution in [0, 0.1) is 0 Å². The fourth-order valence-electron chi connectivity index (χ4n) is 0.874. The van der Waals surface area contributed by atoms with Gasteiger partial charge in [0.25, 0.3) is 0 Å². The molecule has 0 heterocycles. The van der Waals surface area contributed by atoms with E-state index >= 15 is 0 Å². The number of rotatable bonds is 2. The molecule has 0 bridgehead atoms. The van der Waals surface area contributed by atoms with Gasteiger partial charge in [0.05, 0.1) is 20.1 Å². The maximum absolute atomic E-state index is 10.3. The molecule has 0 amide bonds. The van der Waals surface area contributed by atoms with Crippen LogP contribution in [0.1, 0.15) is 5.56 Å². The van der Waals surface area contributed by atoms with Crippen molar-refractivity contribution in [2.75, 3.05) is 0 Å². The second kappa shape index (κ2) is 5.08. The zero-order chi connectivity index (χ0) is 11.6. The number of hydrogen-bond acceptors (Lipinski definition) is 1. The second-order valence-electron chi connectivity index (χ2n) is 2.56. The fourth-order valence-corrected chi connectivity index (χ4v) is 1.75. The van der Waals surface area contributed by atoms with Gasteiger partial charge < -0.3 is 5.11 Å². The normalized spacial score (nSPS) is 10.9. The topological polar surface area (TPSA) is 37.3 Å². The molecule has 0 aliphatic heterocycles. The molecule has 2 nitrogen and oxygen atoms in total. The summed E-state index contributed by atoms with van der Waals surface area (Å²) in [4.78, 5) is 10.3. The van der Waals surface area contributed by atoms with Crippen molar-refractivity contribution in [1.29, 1.82) is 0 Å². The number of carbonyl (C=O) groups is 1. The number of benzene rings is 1. The van der Waals surface area contributed by atoms with E-state index in [0.717, 1.165) is 6.08 Å². The quantitative estimate of drug-likeness (QED) is 0.497. The standard InChI is InChI=1S/C9H4Cl4O2/c10-5-3-4(1-2-6(14)15)7(11)9(13)8(5)12/h1-3H,(H,14,15). The molecular weight excluding hydrogens is 282 g/mol. The van der Waals surface area contributed by atoms with Gasteiger partial charge in [0.1, 0.15) is 0 Å². The van der Waals surface area contributed by atoms with Crippen LogP contribution in [0.25, 0.3) is 6.08 Å². The average molecular weight is 286 g/mol. The lowest BCUT2D eigenvalue weighted by Crippen LogP contribution is -1.87. The molecule has 0 saturated carbocycles. The molecule has 0 spiro atoms. The Labute approximate surface area is 106 Å². The van der Waals surface area contributed by atoms with Gasteiger partial charge in [-0.25, -0.2) is 4.79 Å². The number of hydrogen-bond donors (Lipinski definition) is 1. The molecule has 0 radical (unpaired) electrons. The van der Waals surface area contributed by atoms with Gasteiger partial charge in [-0.05, 0) is 17.7 Å². The van der Waals surface area contributed by atoms with Gasteiger partial charge in [0, 0.05) is 6.08 Å². The molecule has 0 aliphatic rings. The number of aliphatic carboxylic acids is 1. The van der Waals surface area contributed by atoms with E-state index in [4.69, 9.17) is 51.5 Å². The molecule has 0 aliphatic carbocycles. The minimum Gasteiger partial charge on any atom is -0.478 e. The monoisotopic (exact) mass is 284 g/mol. The Hall–Kier alpha value is -0.410. The lowest BCUT2D eigenvalue weighted by molar-refractivity contribution is -0.131. The maximum atomic E-state index is 10.3. The van der Waals surface area contributed by atoms with E-state index in [1.54, 1.807) is 0 Å². The molecule has 0 aromatic heterocycles. The van der Waals surface area contributed by atoms with Crippen LogP contribution in [0.3, 0.4) is 0 Å². The minimum absolute atomic E-state index is 0.107. The third-order valence-electron chi connectivity index (χ3n) is 1.54. The molecule has 0 fully saturated rings. The zero-order valence-corrected chi connectivity index (χ0v) is 10.1. The minimum atomic E-state index is -1.09. The van der Waals surface area contributed by atoms with Crippen LogP contribution >= 0.6 is 46.4 Å². The summed E-state index contributed by atoms with van der Waals surface area (Å²) < 4.78 is 0. The van der Waals surface area contributed by atoms with Crippen LogP contribution < -0.4 is 0 Å². The Morgan fingerprint density at radius 1 is 1.13 bits per heavy atom. The Balaban J connectivity index is 3.26. The van der Waals surface area contributed by atoms with Crippen LogP contribution in [0.4, 0.5) is 0 Å². The Morgan fingerprint density at radius 3 is 2.27 bits per heavy atom. The largest absolute Gasteiger partial charge is 0.478 e. The highest BCUT2D eigenvalue weighted by Gasteiger charge is 2.11. The zero-order valence-electron chi connectivity index (χ0n) is 7.10. The Morgan fingerprint density at radius 2 is 1.73 bits per heavy atom. The lowest BCUT2D eigenvalue weighted by atomic mass is 10.2. The predicted molar refractivity (Wildman–Crippen MR) is 63.2 cm³/mol. The van der Waals surface area contributed by atoms with Crippen LogP contribution in [0.2, 0.25) is 20.1 Å². The number of carboxylic acids is 1. The third kappa shape index (κ3) is 3.02. The summed E-state index contributed by atoms with van der Waals surface area (Å²) in [5.74, 6) is -1.09. The molecule has 0 unspecified atom stereocenters. The number of halogens is 4. The molecular formula is C9H4Cl4O2. The van der Waals surface area contributed by atoms with E-state index in [0.29, 0.717) is 5.56 Å². The van der Waals surface area contributed by atoms with Crippen molar-refractivity contribution < 1.29 is 9.90 Å². The van der Waals surface area contributed by atoms with Gasteiger partial charge in [-0.1, -0.05) is 46.4 Å². The molecule has 0 saturated heterocycles. The lowest BCUT2D eigenvalue weighted by Gasteiger charge is -2.05. The summed E-state index contributed by atoms with van der Waals surface area (Å²) in [6.07, 6.45) is 2.22. The third-order valence-corrected chi connectivity index (χ3v) is 3.30. The van der Waals surface area contributed by atoms with Gasteiger partial charge in [-0.2, -0.15) is 0 Å². The van der Waals surface area contributed by atoms with Crippen molar-refractivity contribution in [2.24, 2.45) is 0 Å². The van der Waals surface area contributed by atoms with Crippen molar-refractivity contribution in [3.8, 4) is 0 Å². The van der Waals surface area contributed by atoms with E-state index < -0.39 is 5.97 Å². The molecule has 1 rings (SSSR count). The second-order valence-corrected chi connectivity index (χ2v) is 4.10. The fraction of sp³-hybridized carbons (Fsp3) is 0. The predicted octanol–water partition coefficient (Wildman–Crippen LogP) is 4.40. The van der Waals surface area contributed by atoms with Crippen molar-refractivity contribution >= 4 is 58.4 Å². The van der Waals surface area contributed by atoms with E-state index in [1.165, 1.54) is 12.1 Å². The highest BCUT2D eigenvalue weighted by molar-refractivity contribution is 6.52. The van der Waals surface area contributed by atoms with Crippen LogP contribution in [0.5, 0.6) is 0 Å². The first-order valence-electron chi connectivity index (χ1n) is 3.67. The summed E-state index contributed by atoms with van der Waals surface area (Å²) in [7, 11) is 0. The summed E-state index contributed by atoms with van der Waals surface area (Å²) in [5, 5.41) is 9.08. The molecule has 6 heteroatoms. The Bertz CT molecular complexity index is 440. The van der Waals surface area contributed by atoms with Gasteiger partial charge >= 0.3 is 5.97 Å². The first-order valence-corrected chi connectivity index (χ1v) is 5.18. The van der Waals surface area contributed by atoms with Crippen LogP contribution in [-0.4, -0.2) is 11.1 Å². The van der Waals surface area contributed by atoms with Gasteiger partial charge in [-0.15, -0.1) is 0 Å². The molecule has 80 valence electrons. The van der Waals surface area contributed by atoms with E-state index in [1.807, 2.05) is 0 Å². The summed E-state index contributed by atoms with van der Waals surface area (Å²) in [6.45, 7) is 0. The molecule has 15 heavy (non-hydrogen) atoms. The SMILES string of the molecule is O=C(O)C=Cc1cc(Cl)c(Cl)c(Cl)c1Cl. The van der Waals surface area contributed by atoms with E-state index in [9.17, 15) is 4.79 Å². The van der Waals surface area contributed by atoms with Crippen molar-refractivity contribution in [2.45, 2.75) is 0 Å². The molecule has 0 atom stereocenters. The Kier molecular flexibility index (Phi) is 4.29. The summed E-state index contributed by atoms with van der Waals surface area (Å²) in [5.41, 5.74) is 0.401. The van der Waals surface area contributed by atoms with E-state index in [-0.39, 0.29) is 20.1 Å². The smallest absolute Gasteiger partial charge is 0.328 e. The molecule has 1 aromatic carbocycles.